The average Bonchev–Trinajstić information content (AvgIpc) is 2.95. The highest BCUT2D eigenvalue weighted by atomic mass is 16.2. The van der Waals surface area contributed by atoms with Gasteiger partial charge in [-0.2, -0.15) is 0 Å². The van der Waals surface area contributed by atoms with Gasteiger partial charge in [-0.05, 0) is 44.1 Å². The van der Waals surface area contributed by atoms with Crippen molar-refractivity contribution in [3.63, 3.8) is 0 Å². The van der Waals surface area contributed by atoms with Crippen LogP contribution < -0.4 is 10.6 Å². The molecule has 3 heteroatoms. The molecule has 1 unspecified atom stereocenters. The van der Waals surface area contributed by atoms with Crippen LogP contribution in [0, 0.1) is 17.3 Å². The van der Waals surface area contributed by atoms with E-state index in [1.54, 1.807) is 0 Å². The van der Waals surface area contributed by atoms with E-state index in [-0.39, 0.29) is 5.41 Å². The second-order valence-corrected chi connectivity index (χ2v) is 6.96. The molecule has 2 fully saturated rings. The number of rotatable bonds is 6. The van der Waals surface area contributed by atoms with Crippen molar-refractivity contribution in [3.8, 4) is 0 Å². The molecule has 1 aliphatic heterocycles. The summed E-state index contributed by atoms with van der Waals surface area (Å²) >= 11 is 0. The zero-order valence-electron chi connectivity index (χ0n) is 13.3. The third-order valence-corrected chi connectivity index (χ3v) is 5.55. The molecule has 0 aromatic rings. The van der Waals surface area contributed by atoms with Gasteiger partial charge in [-0.3, -0.25) is 4.79 Å². The Morgan fingerprint density at radius 3 is 2.45 bits per heavy atom. The molecule has 1 saturated heterocycles. The van der Waals surface area contributed by atoms with Crippen LogP contribution >= 0.6 is 0 Å². The molecule has 2 rings (SSSR count). The fourth-order valence-electron chi connectivity index (χ4n) is 4.01. The summed E-state index contributed by atoms with van der Waals surface area (Å²) in [6.45, 7) is 7.25. The van der Waals surface area contributed by atoms with E-state index < -0.39 is 0 Å². The van der Waals surface area contributed by atoms with Crippen LogP contribution in [-0.2, 0) is 4.79 Å². The van der Waals surface area contributed by atoms with E-state index in [0.29, 0.717) is 5.91 Å². The standard InChI is InChI=1S/C17H32N2O/c1-3-9-17(10-11-18-13-17)16(20)19-12-15-7-5-14(4-2)6-8-15/h14-15,18H,3-13H2,1-2H3,(H,19,20). The Hall–Kier alpha value is -0.570. The second kappa shape index (κ2) is 7.44. The molecule has 1 amide bonds. The third-order valence-electron chi connectivity index (χ3n) is 5.55. The highest BCUT2D eigenvalue weighted by Gasteiger charge is 2.40. The molecule has 0 aromatic heterocycles. The van der Waals surface area contributed by atoms with Gasteiger partial charge in [0.25, 0.3) is 0 Å². The predicted octanol–water partition coefficient (Wildman–Crippen LogP) is 3.10. The van der Waals surface area contributed by atoms with E-state index in [0.717, 1.165) is 50.7 Å². The topological polar surface area (TPSA) is 41.1 Å². The van der Waals surface area contributed by atoms with E-state index in [1.165, 1.54) is 32.1 Å². The second-order valence-electron chi connectivity index (χ2n) is 6.96. The maximum Gasteiger partial charge on any atom is 0.227 e. The molecule has 0 bridgehead atoms. The largest absolute Gasteiger partial charge is 0.355 e. The van der Waals surface area contributed by atoms with Crippen molar-refractivity contribution in [1.29, 1.82) is 0 Å². The molecule has 0 spiro atoms. The molecule has 0 radical (unpaired) electrons. The average molecular weight is 280 g/mol. The Morgan fingerprint density at radius 2 is 1.90 bits per heavy atom. The van der Waals surface area contributed by atoms with Crippen molar-refractivity contribution in [3.05, 3.63) is 0 Å². The molecule has 1 saturated carbocycles. The van der Waals surface area contributed by atoms with E-state index in [4.69, 9.17) is 0 Å². The van der Waals surface area contributed by atoms with Gasteiger partial charge in [0, 0.05) is 13.1 Å². The SMILES string of the molecule is CCCC1(C(=O)NCC2CCC(CC)CC2)CCNC1. The van der Waals surface area contributed by atoms with Gasteiger partial charge in [-0.15, -0.1) is 0 Å². The number of carbonyl (C=O) groups is 1. The fourth-order valence-corrected chi connectivity index (χ4v) is 4.01. The first-order chi connectivity index (χ1) is 9.70. The van der Waals surface area contributed by atoms with Gasteiger partial charge in [-0.1, -0.05) is 39.5 Å². The first-order valence-electron chi connectivity index (χ1n) is 8.69. The smallest absolute Gasteiger partial charge is 0.227 e. The summed E-state index contributed by atoms with van der Waals surface area (Å²) < 4.78 is 0. The zero-order valence-corrected chi connectivity index (χ0v) is 13.3. The Labute approximate surface area is 124 Å². The highest BCUT2D eigenvalue weighted by Crippen LogP contribution is 2.33. The molecule has 0 aromatic carbocycles. The van der Waals surface area contributed by atoms with Crippen LogP contribution in [0.5, 0.6) is 0 Å². The molecule has 1 heterocycles. The lowest BCUT2D eigenvalue weighted by molar-refractivity contribution is -0.130. The van der Waals surface area contributed by atoms with E-state index >= 15 is 0 Å². The van der Waals surface area contributed by atoms with Crippen LogP contribution in [0.2, 0.25) is 0 Å². The van der Waals surface area contributed by atoms with Gasteiger partial charge in [0.2, 0.25) is 5.91 Å². The molecule has 1 atom stereocenters. The Morgan fingerprint density at radius 1 is 1.20 bits per heavy atom. The van der Waals surface area contributed by atoms with Gasteiger partial charge in [0.1, 0.15) is 0 Å². The molecule has 3 nitrogen and oxygen atoms in total. The van der Waals surface area contributed by atoms with Crippen molar-refractivity contribution in [2.75, 3.05) is 19.6 Å². The Balaban J connectivity index is 1.77. The van der Waals surface area contributed by atoms with Crippen LogP contribution in [0.4, 0.5) is 0 Å². The lowest BCUT2D eigenvalue weighted by Crippen LogP contribution is -2.44. The fraction of sp³-hybridized carbons (Fsp3) is 0.941. The summed E-state index contributed by atoms with van der Waals surface area (Å²) in [5.41, 5.74) is -0.116. The highest BCUT2D eigenvalue weighted by molar-refractivity contribution is 5.83. The van der Waals surface area contributed by atoms with Crippen LogP contribution in [0.25, 0.3) is 0 Å². The summed E-state index contributed by atoms with van der Waals surface area (Å²) in [6, 6.07) is 0. The first kappa shape index (κ1) is 15.8. The molecule has 20 heavy (non-hydrogen) atoms. The van der Waals surface area contributed by atoms with Gasteiger partial charge < -0.3 is 10.6 Å². The first-order valence-corrected chi connectivity index (χ1v) is 8.69. The van der Waals surface area contributed by atoms with Crippen LogP contribution in [0.3, 0.4) is 0 Å². The number of hydrogen-bond donors (Lipinski definition) is 2. The molecular weight excluding hydrogens is 248 g/mol. The van der Waals surface area contributed by atoms with Crippen LogP contribution in [-0.4, -0.2) is 25.5 Å². The quantitative estimate of drug-likeness (QED) is 0.785. The number of nitrogens with one attached hydrogen (secondary N) is 2. The molecule has 116 valence electrons. The Kier molecular flexibility index (Phi) is 5.88. The zero-order chi connectivity index (χ0) is 14.4. The van der Waals surface area contributed by atoms with Crippen molar-refractivity contribution in [2.45, 2.75) is 65.2 Å². The van der Waals surface area contributed by atoms with E-state index in [9.17, 15) is 4.79 Å². The maximum absolute atomic E-state index is 12.6. The summed E-state index contributed by atoms with van der Waals surface area (Å²) in [4.78, 5) is 12.6. The van der Waals surface area contributed by atoms with Crippen molar-refractivity contribution < 1.29 is 4.79 Å². The molecule has 2 N–H and O–H groups in total. The summed E-state index contributed by atoms with van der Waals surface area (Å²) in [6.07, 6.45) is 9.78. The van der Waals surface area contributed by atoms with Crippen molar-refractivity contribution in [1.82, 2.24) is 10.6 Å². The Bertz CT molecular complexity index is 302. The van der Waals surface area contributed by atoms with E-state index in [2.05, 4.69) is 24.5 Å². The molecule has 1 aliphatic carbocycles. The molecular formula is C17H32N2O. The monoisotopic (exact) mass is 280 g/mol. The lowest BCUT2D eigenvalue weighted by atomic mass is 9.79. The summed E-state index contributed by atoms with van der Waals surface area (Å²) in [5, 5.41) is 6.64. The third kappa shape index (κ3) is 3.75. The minimum absolute atomic E-state index is 0.116. The minimum Gasteiger partial charge on any atom is -0.355 e. The number of amides is 1. The normalized spacial score (nSPS) is 34.1. The van der Waals surface area contributed by atoms with Crippen LogP contribution in [0.15, 0.2) is 0 Å². The minimum atomic E-state index is -0.116. The summed E-state index contributed by atoms with van der Waals surface area (Å²) in [5.74, 6) is 1.96. The lowest BCUT2D eigenvalue weighted by Gasteiger charge is -2.30. The van der Waals surface area contributed by atoms with Gasteiger partial charge in [-0.25, -0.2) is 0 Å². The summed E-state index contributed by atoms with van der Waals surface area (Å²) in [7, 11) is 0. The van der Waals surface area contributed by atoms with Gasteiger partial charge in [0.05, 0.1) is 5.41 Å². The number of carbonyl (C=O) groups excluding carboxylic acids is 1. The van der Waals surface area contributed by atoms with E-state index in [1.807, 2.05) is 0 Å². The maximum atomic E-state index is 12.6. The number of hydrogen-bond acceptors (Lipinski definition) is 2. The van der Waals surface area contributed by atoms with Crippen molar-refractivity contribution in [2.24, 2.45) is 17.3 Å². The predicted molar refractivity (Wildman–Crippen MR) is 83.6 cm³/mol. The van der Waals surface area contributed by atoms with Crippen molar-refractivity contribution >= 4 is 5.91 Å². The van der Waals surface area contributed by atoms with Crippen LogP contribution in [0.1, 0.15) is 65.2 Å². The van der Waals surface area contributed by atoms with Gasteiger partial charge >= 0.3 is 0 Å². The van der Waals surface area contributed by atoms with Gasteiger partial charge in [0.15, 0.2) is 0 Å². The molecule has 2 aliphatic rings.